The number of para-hydroxylation sites is 1. The normalized spacial score (nSPS) is 25.7. The van der Waals surface area contributed by atoms with Crippen molar-refractivity contribution >= 4 is 35.3 Å². The Morgan fingerprint density at radius 1 is 1.27 bits per heavy atom. The van der Waals surface area contributed by atoms with Crippen LogP contribution in [-0.2, 0) is 9.59 Å². The number of amides is 4. The Labute approximate surface area is 181 Å². The number of thioether (sulfide) groups is 1. The number of hydrogen-bond acceptors (Lipinski definition) is 5. The summed E-state index contributed by atoms with van der Waals surface area (Å²) in [7, 11) is 1.70. The van der Waals surface area contributed by atoms with Gasteiger partial charge >= 0.3 is 6.03 Å². The maximum atomic E-state index is 13.2. The summed E-state index contributed by atoms with van der Waals surface area (Å²) in [6, 6.07) is 9.00. The van der Waals surface area contributed by atoms with Gasteiger partial charge in [0.15, 0.2) is 6.29 Å². The Kier molecular flexibility index (Phi) is 5.92. The monoisotopic (exact) mass is 431 g/mol. The van der Waals surface area contributed by atoms with Crippen molar-refractivity contribution in [2.24, 2.45) is 5.92 Å². The van der Waals surface area contributed by atoms with Gasteiger partial charge < -0.3 is 9.80 Å². The first kappa shape index (κ1) is 21.0. The van der Waals surface area contributed by atoms with Gasteiger partial charge in [-0.05, 0) is 36.6 Å². The summed E-state index contributed by atoms with van der Waals surface area (Å²) in [5.74, 6) is 1.22. The Bertz CT molecular complexity index is 820. The lowest BCUT2D eigenvalue weighted by molar-refractivity contribution is -0.144. The van der Waals surface area contributed by atoms with Crippen LogP contribution in [-0.4, -0.2) is 76.1 Å². The van der Waals surface area contributed by atoms with E-state index >= 15 is 0 Å². The average Bonchev–Trinajstić information content (AvgIpc) is 3.33. The topological polar surface area (TPSA) is 76.2 Å². The Morgan fingerprint density at radius 3 is 2.70 bits per heavy atom. The molecule has 0 spiro atoms. The number of nitrogens with one attached hydrogen (secondary N) is 1. The number of anilines is 1. The van der Waals surface area contributed by atoms with E-state index in [1.807, 2.05) is 30.3 Å². The van der Waals surface area contributed by atoms with Gasteiger partial charge in [-0.3, -0.25) is 14.5 Å². The number of benzene rings is 1. The molecule has 1 N–H and O–H groups in total. The molecular formula is C21H29N5O3S. The number of carbonyl (C=O) groups excluding carboxylic acids is 3. The fourth-order valence-corrected chi connectivity index (χ4v) is 5.61. The van der Waals surface area contributed by atoms with Gasteiger partial charge in [-0.1, -0.05) is 32.0 Å². The summed E-state index contributed by atoms with van der Waals surface area (Å²) >= 11 is 1.63. The van der Waals surface area contributed by atoms with Crippen molar-refractivity contribution in [1.29, 1.82) is 0 Å². The molecule has 0 aromatic heterocycles. The minimum Gasteiger partial charge on any atom is -0.314 e. The maximum absolute atomic E-state index is 13.2. The minimum absolute atomic E-state index is 0.0893. The number of nitrogens with zero attached hydrogens (tertiary/aromatic N) is 4. The number of hydrazine groups is 1. The van der Waals surface area contributed by atoms with E-state index in [0.29, 0.717) is 12.5 Å². The second-order valence-electron chi connectivity index (χ2n) is 8.43. The van der Waals surface area contributed by atoms with E-state index < -0.39 is 6.29 Å². The van der Waals surface area contributed by atoms with Crippen LogP contribution >= 0.6 is 11.8 Å². The molecule has 0 saturated carbocycles. The molecule has 3 heterocycles. The summed E-state index contributed by atoms with van der Waals surface area (Å²) in [6.07, 6.45) is 1.15. The first-order valence-corrected chi connectivity index (χ1v) is 11.5. The molecule has 1 aromatic rings. The highest BCUT2D eigenvalue weighted by atomic mass is 32.2. The fraction of sp³-hybridized carbons (Fsp3) is 0.571. The number of carbonyl (C=O) groups is 3. The number of likely N-dealkylation sites (N-methyl/N-ethyl adjacent to an activating group) is 1. The van der Waals surface area contributed by atoms with Crippen molar-refractivity contribution in [1.82, 2.24) is 20.2 Å². The van der Waals surface area contributed by atoms with Crippen molar-refractivity contribution in [2.45, 2.75) is 44.3 Å². The second kappa shape index (κ2) is 8.47. The molecule has 4 rings (SSSR count). The van der Waals surface area contributed by atoms with E-state index in [4.69, 9.17) is 0 Å². The van der Waals surface area contributed by atoms with E-state index in [-0.39, 0.29) is 35.7 Å². The molecule has 3 atom stereocenters. The lowest BCUT2D eigenvalue weighted by atomic mass is 10.0. The molecule has 3 aliphatic heterocycles. The standard InChI is InChI=1S/C21H29N5O3S/c1-14(2)9-11-24-19(28)18-16(10-12-30-18)26-20(24)22-25(21(26)29)13-17(27)23(3)15-7-5-4-6-8-15/h4-8,14,16,18,20,22H,9-13H2,1-3H3. The summed E-state index contributed by atoms with van der Waals surface area (Å²) < 4.78 is 0. The second-order valence-corrected chi connectivity index (χ2v) is 9.68. The molecule has 0 bridgehead atoms. The molecule has 3 aliphatic rings. The van der Waals surface area contributed by atoms with Crippen LogP contribution in [0.4, 0.5) is 10.5 Å². The van der Waals surface area contributed by atoms with Gasteiger partial charge in [0.25, 0.3) is 0 Å². The SMILES string of the molecule is CC(C)CCN1C(=O)C2SCCC2N2C(=O)N(CC(=O)N(C)c3ccccc3)NC12. The van der Waals surface area contributed by atoms with E-state index in [9.17, 15) is 14.4 Å². The van der Waals surface area contributed by atoms with E-state index in [0.717, 1.165) is 24.3 Å². The molecule has 0 radical (unpaired) electrons. The maximum Gasteiger partial charge on any atom is 0.337 e. The van der Waals surface area contributed by atoms with Gasteiger partial charge in [-0.15, -0.1) is 11.8 Å². The molecule has 3 saturated heterocycles. The quantitative estimate of drug-likeness (QED) is 0.745. The minimum atomic E-state index is -0.515. The molecule has 162 valence electrons. The summed E-state index contributed by atoms with van der Waals surface area (Å²) in [6.45, 7) is 4.75. The van der Waals surface area contributed by atoms with Crippen LogP contribution in [0.2, 0.25) is 0 Å². The van der Waals surface area contributed by atoms with Gasteiger partial charge in [0, 0.05) is 19.3 Å². The molecule has 3 unspecified atom stereocenters. The lowest BCUT2D eigenvalue weighted by Gasteiger charge is -2.44. The molecule has 4 amide bonds. The zero-order chi connectivity index (χ0) is 21.4. The molecule has 9 heteroatoms. The summed E-state index contributed by atoms with van der Waals surface area (Å²) in [5.41, 5.74) is 3.93. The Morgan fingerprint density at radius 2 is 2.00 bits per heavy atom. The van der Waals surface area contributed by atoms with E-state index in [2.05, 4.69) is 19.3 Å². The van der Waals surface area contributed by atoms with Crippen LogP contribution in [0.5, 0.6) is 0 Å². The predicted octanol–water partition coefficient (Wildman–Crippen LogP) is 1.94. The van der Waals surface area contributed by atoms with Gasteiger partial charge in [0.2, 0.25) is 11.8 Å². The highest BCUT2D eigenvalue weighted by Crippen LogP contribution is 2.39. The van der Waals surface area contributed by atoms with Crippen molar-refractivity contribution in [2.75, 3.05) is 30.8 Å². The number of rotatable bonds is 6. The summed E-state index contributed by atoms with van der Waals surface area (Å²) in [4.78, 5) is 44.3. The number of urea groups is 1. The third-order valence-corrected chi connectivity index (χ3v) is 7.33. The third-order valence-electron chi connectivity index (χ3n) is 5.98. The molecule has 8 nitrogen and oxygen atoms in total. The van der Waals surface area contributed by atoms with Crippen molar-refractivity contribution in [3.8, 4) is 0 Å². The van der Waals surface area contributed by atoms with Crippen molar-refractivity contribution < 1.29 is 14.4 Å². The van der Waals surface area contributed by atoms with Crippen LogP contribution in [0.3, 0.4) is 0 Å². The zero-order valence-electron chi connectivity index (χ0n) is 17.7. The average molecular weight is 432 g/mol. The van der Waals surface area contributed by atoms with Gasteiger partial charge in [0.1, 0.15) is 11.8 Å². The van der Waals surface area contributed by atoms with Gasteiger partial charge in [-0.25, -0.2) is 9.80 Å². The number of hydrogen-bond donors (Lipinski definition) is 1. The van der Waals surface area contributed by atoms with Crippen molar-refractivity contribution in [3.05, 3.63) is 30.3 Å². The Hall–Kier alpha value is -2.26. The largest absolute Gasteiger partial charge is 0.337 e. The lowest BCUT2D eigenvalue weighted by Crippen LogP contribution is -2.66. The summed E-state index contributed by atoms with van der Waals surface area (Å²) in [5, 5.41) is 1.16. The fourth-order valence-electron chi connectivity index (χ4n) is 4.21. The van der Waals surface area contributed by atoms with E-state index in [1.165, 1.54) is 5.01 Å². The zero-order valence-corrected chi connectivity index (χ0v) is 18.5. The van der Waals surface area contributed by atoms with Crippen LogP contribution in [0.15, 0.2) is 30.3 Å². The van der Waals surface area contributed by atoms with Gasteiger partial charge in [0.05, 0.1) is 6.04 Å². The molecule has 0 aliphatic carbocycles. The van der Waals surface area contributed by atoms with Crippen LogP contribution in [0.25, 0.3) is 0 Å². The molecule has 1 aromatic carbocycles. The van der Waals surface area contributed by atoms with Crippen LogP contribution in [0.1, 0.15) is 26.7 Å². The van der Waals surface area contributed by atoms with Crippen LogP contribution in [0, 0.1) is 5.92 Å². The third kappa shape index (κ3) is 3.76. The smallest absolute Gasteiger partial charge is 0.314 e. The first-order chi connectivity index (χ1) is 14.4. The molecule has 30 heavy (non-hydrogen) atoms. The number of fused-ring (bicyclic) bond motifs is 3. The van der Waals surface area contributed by atoms with E-state index in [1.54, 1.807) is 33.5 Å². The Balaban J connectivity index is 1.51. The molecular weight excluding hydrogens is 402 g/mol. The molecule has 3 fully saturated rings. The highest BCUT2D eigenvalue weighted by molar-refractivity contribution is 8.00. The van der Waals surface area contributed by atoms with Crippen LogP contribution < -0.4 is 10.3 Å². The first-order valence-electron chi connectivity index (χ1n) is 10.5. The predicted molar refractivity (Wildman–Crippen MR) is 117 cm³/mol. The van der Waals surface area contributed by atoms with Crippen molar-refractivity contribution in [3.63, 3.8) is 0 Å². The highest BCUT2D eigenvalue weighted by Gasteiger charge is 2.55. The van der Waals surface area contributed by atoms with Gasteiger partial charge in [-0.2, -0.15) is 5.43 Å².